The monoisotopic (exact) mass is 421 g/mol. The molecule has 0 spiro atoms. The first kappa shape index (κ1) is 22.3. The van der Waals surface area contributed by atoms with Crippen molar-refractivity contribution in [2.45, 2.75) is 65.5 Å². The number of benzene rings is 1. The van der Waals surface area contributed by atoms with Crippen LogP contribution < -0.4 is 4.90 Å². The molecule has 0 unspecified atom stereocenters. The van der Waals surface area contributed by atoms with Gasteiger partial charge in [0.2, 0.25) is 0 Å². The van der Waals surface area contributed by atoms with Crippen molar-refractivity contribution < 1.29 is 5.11 Å². The second-order valence-corrected chi connectivity index (χ2v) is 11.6. The Morgan fingerprint density at radius 3 is 1.94 bits per heavy atom. The maximum absolute atomic E-state index is 12.1. The van der Waals surface area contributed by atoms with Gasteiger partial charge in [0.25, 0.3) is 0 Å². The Morgan fingerprint density at radius 1 is 0.871 bits per heavy atom. The zero-order valence-corrected chi connectivity index (χ0v) is 20.3. The van der Waals surface area contributed by atoms with Gasteiger partial charge in [0.05, 0.1) is 0 Å². The van der Waals surface area contributed by atoms with Crippen LogP contribution in [0.2, 0.25) is 0 Å². The highest BCUT2D eigenvalue weighted by atomic mass is 16.3. The van der Waals surface area contributed by atoms with Gasteiger partial charge in [-0.2, -0.15) is 0 Å². The molecule has 0 radical (unpaired) electrons. The van der Waals surface area contributed by atoms with Gasteiger partial charge in [0.15, 0.2) is 0 Å². The van der Waals surface area contributed by atoms with Crippen molar-refractivity contribution in [1.29, 1.82) is 0 Å². The van der Waals surface area contributed by atoms with Crippen molar-refractivity contribution in [3.8, 4) is 0 Å². The highest BCUT2D eigenvalue weighted by Crippen LogP contribution is 2.68. The molecule has 0 amide bonds. The number of hydrogen-bond acceptors (Lipinski definition) is 4. The third-order valence-corrected chi connectivity index (χ3v) is 8.05. The highest BCUT2D eigenvalue weighted by Gasteiger charge is 2.73. The molecule has 0 bridgehead atoms. The maximum Gasteiger partial charge on any atom is 0.128 e. The van der Waals surface area contributed by atoms with Crippen molar-refractivity contribution >= 4 is 5.82 Å². The van der Waals surface area contributed by atoms with Crippen LogP contribution in [-0.2, 0) is 11.0 Å². The summed E-state index contributed by atoms with van der Waals surface area (Å²) in [5.74, 6) is 1.06. The first-order valence-corrected chi connectivity index (χ1v) is 11.6. The molecule has 2 aromatic rings. The summed E-state index contributed by atoms with van der Waals surface area (Å²) in [5.41, 5.74) is 1.11. The summed E-state index contributed by atoms with van der Waals surface area (Å²) in [4.78, 5) is 9.48. The molecule has 1 aliphatic carbocycles. The van der Waals surface area contributed by atoms with Crippen molar-refractivity contribution in [1.82, 2.24) is 9.88 Å². The fourth-order valence-corrected chi connectivity index (χ4v) is 6.67. The molecule has 4 heteroatoms. The van der Waals surface area contributed by atoms with Gasteiger partial charge in [-0.15, -0.1) is 0 Å². The Hall–Kier alpha value is -1.91. The van der Waals surface area contributed by atoms with E-state index < -0.39 is 5.60 Å². The molecule has 1 aromatic heterocycles. The van der Waals surface area contributed by atoms with E-state index in [0.29, 0.717) is 6.04 Å². The second-order valence-electron chi connectivity index (χ2n) is 11.6. The van der Waals surface area contributed by atoms with E-state index in [9.17, 15) is 5.11 Å². The molecule has 1 aliphatic heterocycles. The molecule has 1 saturated heterocycles. The fraction of sp³-hybridized carbons (Fsp3) is 0.593. The lowest BCUT2D eigenvalue weighted by Crippen LogP contribution is -2.79. The van der Waals surface area contributed by atoms with Crippen LogP contribution in [0, 0.1) is 10.8 Å². The van der Waals surface area contributed by atoms with Crippen LogP contribution in [0.3, 0.4) is 0 Å². The summed E-state index contributed by atoms with van der Waals surface area (Å²) < 4.78 is 0. The van der Waals surface area contributed by atoms with Gasteiger partial charge in [0.1, 0.15) is 11.4 Å². The van der Waals surface area contributed by atoms with E-state index in [2.05, 4.69) is 99.6 Å². The van der Waals surface area contributed by atoms with E-state index in [0.717, 1.165) is 37.6 Å². The van der Waals surface area contributed by atoms with E-state index in [-0.39, 0.29) is 16.2 Å². The minimum absolute atomic E-state index is 0.113. The van der Waals surface area contributed by atoms with Crippen molar-refractivity contribution in [2.24, 2.45) is 10.8 Å². The smallest absolute Gasteiger partial charge is 0.128 e. The quantitative estimate of drug-likeness (QED) is 0.771. The minimum atomic E-state index is -0.862. The number of aliphatic hydroxyl groups is 1. The highest BCUT2D eigenvalue weighted by molar-refractivity contribution is 5.41. The molecular formula is C27H39N3O. The van der Waals surface area contributed by atoms with Crippen LogP contribution in [0.4, 0.5) is 5.82 Å². The van der Waals surface area contributed by atoms with Gasteiger partial charge in [-0.05, 0) is 28.7 Å². The Balaban J connectivity index is 1.54. The predicted octanol–water partition coefficient (Wildman–Crippen LogP) is 4.82. The van der Waals surface area contributed by atoms with E-state index in [1.165, 1.54) is 5.56 Å². The Morgan fingerprint density at radius 2 is 1.45 bits per heavy atom. The molecule has 4 nitrogen and oxygen atoms in total. The Kier molecular flexibility index (Phi) is 5.26. The third-order valence-electron chi connectivity index (χ3n) is 8.05. The van der Waals surface area contributed by atoms with Gasteiger partial charge < -0.3 is 10.0 Å². The SMILES string of the molecule is CC(C)(C)c1ccc([C@]2(O)C(C)(C)[C@@H](N3CCN(c4ccccn4)CC3)C2(C)C)cc1. The summed E-state index contributed by atoms with van der Waals surface area (Å²) in [6, 6.07) is 15.1. The average Bonchev–Trinajstić information content (AvgIpc) is 2.73. The number of rotatable bonds is 3. The van der Waals surface area contributed by atoms with Crippen molar-refractivity contribution in [3.63, 3.8) is 0 Å². The van der Waals surface area contributed by atoms with Gasteiger partial charge in [-0.25, -0.2) is 4.98 Å². The first-order chi connectivity index (χ1) is 14.4. The lowest BCUT2D eigenvalue weighted by Gasteiger charge is -2.72. The van der Waals surface area contributed by atoms with E-state index in [1.54, 1.807) is 0 Å². The summed E-state index contributed by atoms with van der Waals surface area (Å²) >= 11 is 0. The predicted molar refractivity (Wildman–Crippen MR) is 128 cm³/mol. The van der Waals surface area contributed by atoms with Crippen molar-refractivity contribution in [2.75, 3.05) is 31.1 Å². The van der Waals surface area contributed by atoms with E-state index in [1.807, 2.05) is 12.3 Å². The standard InChI is InChI=1S/C27H39N3O/c1-24(2,3)20-11-13-21(14-12-20)27(31)25(4,5)23(26(27,6)7)30-18-16-29(17-19-30)22-10-8-9-15-28-22/h8-15,23,31H,16-19H2,1-7H3/t23-,27+. The van der Waals surface area contributed by atoms with Gasteiger partial charge in [-0.3, -0.25) is 4.90 Å². The van der Waals surface area contributed by atoms with Gasteiger partial charge in [-0.1, -0.05) is 78.8 Å². The number of hydrogen-bond donors (Lipinski definition) is 1. The number of aromatic nitrogens is 1. The fourth-order valence-electron chi connectivity index (χ4n) is 6.67. The van der Waals surface area contributed by atoms with Gasteiger partial charge >= 0.3 is 0 Å². The summed E-state index contributed by atoms with van der Waals surface area (Å²) in [5, 5.41) is 12.1. The largest absolute Gasteiger partial charge is 0.384 e. The molecule has 0 atom stereocenters. The molecule has 2 fully saturated rings. The number of piperazine rings is 1. The van der Waals surface area contributed by atoms with E-state index in [4.69, 9.17) is 0 Å². The molecule has 168 valence electrons. The van der Waals surface area contributed by atoms with Crippen LogP contribution in [0.15, 0.2) is 48.7 Å². The van der Waals surface area contributed by atoms with Crippen LogP contribution in [-0.4, -0.2) is 47.2 Å². The minimum Gasteiger partial charge on any atom is -0.384 e. The lowest BCUT2D eigenvalue weighted by molar-refractivity contribution is -0.307. The molecule has 1 N–H and O–H groups in total. The number of nitrogens with zero attached hydrogens (tertiary/aromatic N) is 3. The van der Waals surface area contributed by atoms with Crippen LogP contribution >= 0.6 is 0 Å². The topological polar surface area (TPSA) is 39.6 Å². The number of anilines is 1. The van der Waals surface area contributed by atoms with Crippen molar-refractivity contribution in [3.05, 3.63) is 59.8 Å². The van der Waals surface area contributed by atoms with E-state index >= 15 is 0 Å². The molecular weight excluding hydrogens is 382 g/mol. The van der Waals surface area contributed by atoms with Crippen LogP contribution in [0.5, 0.6) is 0 Å². The van der Waals surface area contributed by atoms with Crippen LogP contribution in [0.1, 0.15) is 59.6 Å². The summed E-state index contributed by atoms with van der Waals surface area (Å²) in [7, 11) is 0. The summed E-state index contributed by atoms with van der Waals surface area (Å²) in [6.45, 7) is 19.6. The first-order valence-electron chi connectivity index (χ1n) is 11.6. The normalized spacial score (nSPS) is 28.3. The maximum atomic E-state index is 12.1. The molecule has 1 aromatic carbocycles. The molecule has 4 rings (SSSR count). The zero-order chi connectivity index (χ0) is 22.7. The molecule has 1 saturated carbocycles. The molecule has 31 heavy (non-hydrogen) atoms. The second kappa shape index (κ2) is 7.31. The van der Waals surface area contributed by atoms with Gasteiger partial charge in [0, 0.05) is 49.2 Å². The Labute approximate surface area is 188 Å². The number of pyridine rings is 1. The third kappa shape index (κ3) is 3.30. The Bertz CT molecular complexity index is 888. The molecule has 2 heterocycles. The molecule has 2 aliphatic rings. The zero-order valence-electron chi connectivity index (χ0n) is 20.3. The lowest BCUT2D eigenvalue weighted by atomic mass is 9.39. The van der Waals surface area contributed by atoms with Crippen LogP contribution in [0.25, 0.3) is 0 Å². The average molecular weight is 422 g/mol. The summed E-state index contributed by atoms with van der Waals surface area (Å²) in [6.07, 6.45) is 1.87.